The highest BCUT2D eigenvalue weighted by Gasteiger charge is 2.41. The van der Waals surface area contributed by atoms with Gasteiger partial charge in [-0.05, 0) is 37.1 Å². The van der Waals surface area contributed by atoms with Crippen LogP contribution in [0.5, 0.6) is 5.75 Å². The van der Waals surface area contributed by atoms with E-state index in [1.807, 2.05) is 5.32 Å². The Kier molecular flexibility index (Phi) is 6.10. The van der Waals surface area contributed by atoms with Gasteiger partial charge in [0.2, 0.25) is 5.56 Å². The van der Waals surface area contributed by atoms with Crippen molar-refractivity contribution < 1.29 is 22.7 Å². The summed E-state index contributed by atoms with van der Waals surface area (Å²) in [6.45, 7) is 5.03. The zero-order chi connectivity index (χ0) is 22.9. The van der Waals surface area contributed by atoms with E-state index in [1.165, 1.54) is 10.6 Å². The van der Waals surface area contributed by atoms with Gasteiger partial charge in [0.1, 0.15) is 11.9 Å². The molecule has 31 heavy (non-hydrogen) atoms. The zero-order valence-corrected chi connectivity index (χ0v) is 17.5. The molecule has 1 N–H and O–H groups in total. The second-order valence-electron chi connectivity index (χ2n) is 7.68. The van der Waals surface area contributed by atoms with E-state index in [9.17, 15) is 22.8 Å². The third kappa shape index (κ3) is 4.89. The van der Waals surface area contributed by atoms with Gasteiger partial charge in [0, 0.05) is 24.7 Å². The van der Waals surface area contributed by atoms with E-state index in [-0.39, 0.29) is 11.5 Å². The summed E-state index contributed by atoms with van der Waals surface area (Å²) in [5, 5.41) is 7.11. The van der Waals surface area contributed by atoms with Gasteiger partial charge < -0.3 is 14.6 Å². The van der Waals surface area contributed by atoms with Crippen LogP contribution >= 0.6 is 0 Å². The fourth-order valence-corrected chi connectivity index (χ4v) is 3.34. The van der Waals surface area contributed by atoms with Crippen LogP contribution in [0.1, 0.15) is 20.8 Å². The van der Waals surface area contributed by atoms with Gasteiger partial charge in [-0.15, -0.1) is 0 Å². The molecule has 0 aliphatic heterocycles. The molecule has 0 unspecified atom stereocenters. The fraction of sp³-hybridized carbons (Fsp3) is 0.381. The van der Waals surface area contributed by atoms with E-state index in [1.54, 1.807) is 69.2 Å². The Bertz CT molecular complexity index is 1150. The van der Waals surface area contributed by atoms with Crippen LogP contribution < -0.4 is 15.6 Å². The van der Waals surface area contributed by atoms with Crippen LogP contribution in [-0.4, -0.2) is 38.6 Å². The van der Waals surface area contributed by atoms with E-state index in [0.717, 1.165) is 10.9 Å². The first kappa shape index (κ1) is 22.4. The number of fused-ring (bicyclic) bond motifs is 1. The van der Waals surface area contributed by atoms with Crippen molar-refractivity contribution in [3.05, 3.63) is 53.1 Å². The van der Waals surface area contributed by atoms with Crippen LogP contribution in [-0.2, 0) is 11.8 Å². The molecule has 0 saturated heterocycles. The Morgan fingerprint density at radius 1 is 1.16 bits per heavy atom. The Hall–Kier alpha value is -3.30. The lowest BCUT2D eigenvalue weighted by Gasteiger charge is -2.29. The second-order valence-corrected chi connectivity index (χ2v) is 7.68. The van der Waals surface area contributed by atoms with Gasteiger partial charge in [0.15, 0.2) is 0 Å². The largest absolute Gasteiger partial charge is 0.489 e. The van der Waals surface area contributed by atoms with Gasteiger partial charge in [0.25, 0.3) is 0 Å². The van der Waals surface area contributed by atoms with Crippen molar-refractivity contribution in [3.63, 3.8) is 0 Å². The molecule has 0 radical (unpaired) electrons. The van der Waals surface area contributed by atoms with E-state index >= 15 is 0 Å². The summed E-state index contributed by atoms with van der Waals surface area (Å²) in [5.74, 6) is -1.83. The molecule has 2 heterocycles. The fourth-order valence-electron chi connectivity index (χ4n) is 3.34. The Balaban J connectivity index is 1.82. The number of hydrogen-bond acceptors (Lipinski definition) is 4. The van der Waals surface area contributed by atoms with Crippen LogP contribution in [0.4, 0.5) is 13.2 Å². The highest BCUT2D eigenvalue weighted by Crippen LogP contribution is 2.25. The molecule has 2 aromatic heterocycles. The minimum absolute atomic E-state index is 0.137. The van der Waals surface area contributed by atoms with Crippen LogP contribution in [0, 0.1) is 5.92 Å². The number of hydrogen-bond donors (Lipinski definition) is 1. The lowest BCUT2D eigenvalue weighted by atomic mass is 9.99. The molecule has 0 aliphatic carbocycles. The van der Waals surface area contributed by atoms with Gasteiger partial charge in [0.05, 0.1) is 23.4 Å². The number of benzene rings is 1. The van der Waals surface area contributed by atoms with Crippen molar-refractivity contribution in [1.82, 2.24) is 19.7 Å². The predicted octanol–water partition coefficient (Wildman–Crippen LogP) is 3.19. The second kappa shape index (κ2) is 8.44. The van der Waals surface area contributed by atoms with Gasteiger partial charge in [-0.2, -0.15) is 18.3 Å². The number of amides is 1. The highest BCUT2D eigenvalue weighted by atomic mass is 19.4. The zero-order valence-electron chi connectivity index (χ0n) is 17.5. The van der Waals surface area contributed by atoms with E-state index in [4.69, 9.17) is 4.74 Å². The maximum absolute atomic E-state index is 12.6. The van der Waals surface area contributed by atoms with E-state index in [0.29, 0.717) is 11.4 Å². The number of pyridine rings is 1. The minimum atomic E-state index is -4.96. The molecule has 1 amide bonds. The number of carbonyl (C=O) groups excluding carboxylic acids is 1. The number of aromatic nitrogens is 3. The first-order valence-electron chi connectivity index (χ1n) is 9.66. The molecule has 0 aliphatic rings. The lowest BCUT2D eigenvalue weighted by molar-refractivity contribution is -0.175. The molecule has 3 aromatic rings. The van der Waals surface area contributed by atoms with Crippen molar-refractivity contribution in [2.45, 2.75) is 39.1 Å². The molecule has 0 spiro atoms. The monoisotopic (exact) mass is 436 g/mol. The molecule has 2 atom stereocenters. The number of aryl methyl sites for hydroxylation is 1. The van der Waals surface area contributed by atoms with Crippen molar-refractivity contribution in [1.29, 1.82) is 0 Å². The Morgan fingerprint density at radius 3 is 2.48 bits per heavy atom. The molecule has 0 saturated carbocycles. The third-order valence-electron chi connectivity index (χ3n) is 4.96. The van der Waals surface area contributed by atoms with Crippen molar-refractivity contribution in [2.75, 3.05) is 0 Å². The molecule has 0 fully saturated rings. The molecule has 0 bridgehead atoms. The third-order valence-corrected chi connectivity index (χ3v) is 4.96. The number of nitrogens with one attached hydrogen (secondary N) is 1. The number of halogens is 3. The van der Waals surface area contributed by atoms with E-state index in [2.05, 4.69) is 5.10 Å². The van der Waals surface area contributed by atoms with Crippen molar-refractivity contribution in [3.8, 4) is 11.4 Å². The molecule has 1 aromatic carbocycles. The molecule has 10 heteroatoms. The lowest BCUT2D eigenvalue weighted by Crippen LogP contribution is -2.51. The highest BCUT2D eigenvalue weighted by molar-refractivity contribution is 5.82. The Morgan fingerprint density at radius 2 is 1.87 bits per heavy atom. The standard InChI is InChI=1S/C21H23F3N4O3/c1-12(2)19(26-20(30)21(22,23)24)13(3)31-16-6-7-17-14(9-16)10-25-28(17)15-5-8-18(29)27(4)11-15/h5-13,19H,1-4H3,(H,26,30)/t13-,19+/m1/s1. The summed E-state index contributed by atoms with van der Waals surface area (Å²) in [6, 6.07) is 7.45. The van der Waals surface area contributed by atoms with Gasteiger partial charge in [-0.3, -0.25) is 9.59 Å². The predicted molar refractivity (Wildman–Crippen MR) is 109 cm³/mol. The van der Waals surface area contributed by atoms with Crippen molar-refractivity contribution >= 4 is 16.8 Å². The summed E-state index contributed by atoms with van der Waals surface area (Å²) in [7, 11) is 1.65. The number of carbonyl (C=O) groups is 1. The smallest absolute Gasteiger partial charge is 0.471 e. The maximum Gasteiger partial charge on any atom is 0.471 e. The number of rotatable bonds is 6. The van der Waals surface area contributed by atoms with Crippen molar-refractivity contribution in [2.24, 2.45) is 13.0 Å². The quantitative estimate of drug-likeness (QED) is 0.644. The van der Waals surface area contributed by atoms with Gasteiger partial charge in [-0.1, -0.05) is 13.8 Å². The summed E-state index contributed by atoms with van der Waals surface area (Å²) in [4.78, 5) is 23.0. The topological polar surface area (TPSA) is 78.2 Å². The van der Waals surface area contributed by atoms with Gasteiger partial charge in [-0.25, -0.2) is 4.68 Å². The first-order chi connectivity index (χ1) is 14.5. The average molecular weight is 436 g/mol. The summed E-state index contributed by atoms with van der Waals surface area (Å²) >= 11 is 0. The first-order valence-corrected chi connectivity index (χ1v) is 9.66. The number of ether oxygens (including phenoxy) is 1. The molecule has 3 rings (SSSR count). The Labute approximate surface area is 176 Å². The SMILES string of the molecule is CC(C)[C@H](NC(=O)C(F)(F)F)[C@@H](C)Oc1ccc2c(cnn2-c2ccc(=O)n(C)c2)c1. The van der Waals surface area contributed by atoms with Crippen LogP contribution in [0.25, 0.3) is 16.6 Å². The summed E-state index contributed by atoms with van der Waals surface area (Å²) in [5.41, 5.74) is 1.33. The van der Waals surface area contributed by atoms with E-state index < -0.39 is 24.2 Å². The van der Waals surface area contributed by atoms with Crippen LogP contribution in [0.3, 0.4) is 0 Å². The normalized spacial score (nSPS) is 13.9. The maximum atomic E-state index is 12.6. The molecule has 7 nitrogen and oxygen atoms in total. The minimum Gasteiger partial charge on any atom is -0.489 e. The summed E-state index contributed by atoms with van der Waals surface area (Å²) < 4.78 is 46.9. The summed E-state index contributed by atoms with van der Waals surface area (Å²) in [6.07, 6.45) is -2.37. The molecular weight excluding hydrogens is 413 g/mol. The van der Waals surface area contributed by atoms with Crippen LogP contribution in [0.2, 0.25) is 0 Å². The molecule has 166 valence electrons. The average Bonchev–Trinajstić information content (AvgIpc) is 3.10. The number of alkyl halides is 3. The van der Waals surface area contributed by atoms with Crippen LogP contribution in [0.15, 0.2) is 47.5 Å². The number of nitrogens with zero attached hydrogens (tertiary/aromatic N) is 3. The molecular formula is C21H23F3N4O3. The van der Waals surface area contributed by atoms with Gasteiger partial charge >= 0.3 is 12.1 Å².